The Morgan fingerprint density at radius 2 is 2.11 bits per heavy atom. The van der Waals surface area contributed by atoms with Gasteiger partial charge in [-0.2, -0.15) is 0 Å². The Bertz CT molecular complexity index is 522. The molecule has 0 spiro atoms. The third-order valence-electron chi connectivity index (χ3n) is 2.63. The summed E-state index contributed by atoms with van der Waals surface area (Å²) in [6.45, 7) is 4.03. The molecule has 1 heterocycles. The van der Waals surface area contributed by atoms with Gasteiger partial charge in [-0.1, -0.05) is 30.3 Å². The summed E-state index contributed by atoms with van der Waals surface area (Å²) in [7, 11) is 0. The highest BCUT2D eigenvalue weighted by Gasteiger charge is 2.19. The lowest BCUT2D eigenvalue weighted by atomic mass is 10.1. The molecule has 18 heavy (non-hydrogen) atoms. The largest absolute Gasteiger partial charge is 0.465 e. The second kappa shape index (κ2) is 5.78. The zero-order valence-corrected chi connectivity index (χ0v) is 11.2. The van der Waals surface area contributed by atoms with Crippen LogP contribution in [0.1, 0.15) is 25.5 Å². The minimum absolute atomic E-state index is 0.220. The van der Waals surface area contributed by atoms with E-state index in [2.05, 4.69) is 4.98 Å². The number of thiazole rings is 1. The second-order valence-corrected chi connectivity index (χ2v) is 4.78. The van der Waals surface area contributed by atoms with Crippen molar-refractivity contribution in [1.82, 2.24) is 4.98 Å². The van der Waals surface area contributed by atoms with Crippen LogP contribution in [-0.4, -0.2) is 17.6 Å². The number of nitrogens with zero attached hydrogens (tertiary/aromatic N) is 1. The molecular weight excluding hydrogens is 246 g/mol. The third-order valence-corrected chi connectivity index (χ3v) is 3.54. The summed E-state index contributed by atoms with van der Waals surface area (Å²) in [6, 6.07) is 9.95. The van der Waals surface area contributed by atoms with Crippen LogP contribution >= 0.6 is 11.3 Å². The first-order chi connectivity index (χ1) is 8.72. The standard InChI is InChI=1S/C14H15NO2S/c1-3-17-14(16)10(2)12-9-18-13(15-12)11-7-5-4-6-8-11/h4-10H,3H2,1-2H3. The fraction of sp³-hybridized carbons (Fsp3) is 0.286. The molecule has 0 aliphatic carbocycles. The van der Waals surface area contributed by atoms with Crippen molar-refractivity contribution in [2.45, 2.75) is 19.8 Å². The van der Waals surface area contributed by atoms with Gasteiger partial charge in [-0.3, -0.25) is 4.79 Å². The van der Waals surface area contributed by atoms with Crippen LogP contribution in [0.3, 0.4) is 0 Å². The lowest BCUT2D eigenvalue weighted by Crippen LogP contribution is -2.13. The molecule has 0 N–H and O–H groups in total. The zero-order valence-electron chi connectivity index (χ0n) is 10.4. The van der Waals surface area contributed by atoms with E-state index in [1.54, 1.807) is 18.3 Å². The molecule has 0 aliphatic heterocycles. The maximum Gasteiger partial charge on any atom is 0.314 e. The first kappa shape index (κ1) is 12.8. The van der Waals surface area contributed by atoms with Crippen molar-refractivity contribution in [2.75, 3.05) is 6.61 Å². The number of carbonyl (C=O) groups excluding carboxylic acids is 1. The number of carbonyl (C=O) groups is 1. The van der Waals surface area contributed by atoms with Gasteiger partial charge in [0.05, 0.1) is 18.2 Å². The number of hydrogen-bond donors (Lipinski definition) is 0. The number of benzene rings is 1. The number of rotatable bonds is 4. The van der Waals surface area contributed by atoms with E-state index in [-0.39, 0.29) is 11.9 Å². The van der Waals surface area contributed by atoms with Crippen LogP contribution in [0, 0.1) is 0 Å². The Morgan fingerprint density at radius 1 is 1.39 bits per heavy atom. The number of ether oxygens (including phenoxy) is 1. The molecule has 0 bridgehead atoms. The van der Waals surface area contributed by atoms with Gasteiger partial charge in [0.25, 0.3) is 0 Å². The average molecular weight is 261 g/mol. The van der Waals surface area contributed by atoms with Crippen LogP contribution in [-0.2, 0) is 9.53 Å². The third kappa shape index (κ3) is 2.76. The Labute approximate surface area is 110 Å². The van der Waals surface area contributed by atoms with Crippen LogP contribution in [0.2, 0.25) is 0 Å². The van der Waals surface area contributed by atoms with Gasteiger partial charge in [0.2, 0.25) is 0 Å². The first-order valence-electron chi connectivity index (χ1n) is 5.90. The van der Waals surface area contributed by atoms with E-state index in [0.29, 0.717) is 6.61 Å². The summed E-state index contributed by atoms with van der Waals surface area (Å²) in [5.41, 5.74) is 1.85. The molecule has 1 atom stereocenters. The van der Waals surface area contributed by atoms with Gasteiger partial charge in [-0.05, 0) is 13.8 Å². The Kier molecular flexibility index (Phi) is 4.10. The van der Waals surface area contributed by atoms with Crippen LogP contribution in [0.15, 0.2) is 35.7 Å². The van der Waals surface area contributed by atoms with E-state index in [4.69, 9.17) is 4.74 Å². The lowest BCUT2D eigenvalue weighted by molar-refractivity contribution is -0.144. The van der Waals surface area contributed by atoms with E-state index in [9.17, 15) is 4.79 Å². The average Bonchev–Trinajstić information content (AvgIpc) is 2.89. The predicted octanol–water partition coefficient (Wildman–Crippen LogP) is 3.48. The quantitative estimate of drug-likeness (QED) is 0.791. The van der Waals surface area contributed by atoms with E-state index in [1.807, 2.05) is 42.6 Å². The van der Waals surface area contributed by atoms with Crippen molar-refractivity contribution in [3.63, 3.8) is 0 Å². The zero-order chi connectivity index (χ0) is 13.0. The molecule has 94 valence electrons. The van der Waals surface area contributed by atoms with Crippen molar-refractivity contribution >= 4 is 17.3 Å². The fourth-order valence-electron chi connectivity index (χ4n) is 1.59. The van der Waals surface area contributed by atoms with Crippen molar-refractivity contribution in [2.24, 2.45) is 0 Å². The minimum atomic E-state index is -0.307. The molecule has 0 fully saturated rings. The van der Waals surface area contributed by atoms with Crippen molar-refractivity contribution in [3.05, 3.63) is 41.4 Å². The second-order valence-electron chi connectivity index (χ2n) is 3.92. The highest BCUT2D eigenvalue weighted by molar-refractivity contribution is 7.13. The van der Waals surface area contributed by atoms with Crippen molar-refractivity contribution in [3.8, 4) is 10.6 Å². The van der Waals surface area contributed by atoms with E-state index in [1.165, 1.54) is 0 Å². The molecule has 2 aromatic rings. The Balaban J connectivity index is 2.18. The smallest absolute Gasteiger partial charge is 0.314 e. The van der Waals surface area contributed by atoms with Crippen LogP contribution < -0.4 is 0 Å². The highest BCUT2D eigenvalue weighted by Crippen LogP contribution is 2.27. The first-order valence-corrected chi connectivity index (χ1v) is 6.77. The van der Waals surface area contributed by atoms with Crippen LogP contribution in [0.5, 0.6) is 0 Å². The van der Waals surface area contributed by atoms with Gasteiger partial charge in [0.15, 0.2) is 0 Å². The SMILES string of the molecule is CCOC(=O)C(C)c1csc(-c2ccccc2)n1. The molecule has 2 rings (SSSR count). The van der Waals surface area contributed by atoms with E-state index < -0.39 is 0 Å². The molecule has 0 amide bonds. The maximum atomic E-state index is 11.6. The van der Waals surface area contributed by atoms with Gasteiger partial charge in [-0.15, -0.1) is 11.3 Å². The number of esters is 1. The maximum absolute atomic E-state index is 11.6. The molecule has 1 aromatic carbocycles. The summed E-state index contributed by atoms with van der Waals surface area (Å²) >= 11 is 1.55. The Hall–Kier alpha value is -1.68. The van der Waals surface area contributed by atoms with Gasteiger partial charge >= 0.3 is 5.97 Å². The van der Waals surface area contributed by atoms with Gasteiger partial charge < -0.3 is 4.74 Å². The van der Waals surface area contributed by atoms with Gasteiger partial charge in [0, 0.05) is 10.9 Å². The fourth-order valence-corrected chi connectivity index (χ4v) is 2.51. The van der Waals surface area contributed by atoms with Crippen LogP contribution in [0.4, 0.5) is 0 Å². The van der Waals surface area contributed by atoms with Crippen molar-refractivity contribution < 1.29 is 9.53 Å². The highest BCUT2D eigenvalue weighted by atomic mass is 32.1. The number of hydrogen-bond acceptors (Lipinski definition) is 4. The number of aromatic nitrogens is 1. The van der Waals surface area contributed by atoms with Gasteiger partial charge in [-0.25, -0.2) is 4.98 Å². The lowest BCUT2D eigenvalue weighted by Gasteiger charge is -2.06. The summed E-state index contributed by atoms with van der Waals surface area (Å²) in [5, 5.41) is 2.85. The molecule has 0 aliphatic rings. The van der Waals surface area contributed by atoms with Crippen LogP contribution in [0.25, 0.3) is 10.6 Å². The minimum Gasteiger partial charge on any atom is -0.465 e. The monoisotopic (exact) mass is 261 g/mol. The van der Waals surface area contributed by atoms with Crippen molar-refractivity contribution in [1.29, 1.82) is 0 Å². The molecule has 3 nitrogen and oxygen atoms in total. The molecule has 0 radical (unpaired) electrons. The molecule has 1 aromatic heterocycles. The van der Waals surface area contributed by atoms with E-state index in [0.717, 1.165) is 16.3 Å². The Morgan fingerprint density at radius 3 is 2.78 bits per heavy atom. The topological polar surface area (TPSA) is 39.2 Å². The van der Waals surface area contributed by atoms with E-state index >= 15 is 0 Å². The summed E-state index contributed by atoms with van der Waals surface area (Å²) in [6.07, 6.45) is 0. The summed E-state index contributed by atoms with van der Waals surface area (Å²) < 4.78 is 5.00. The molecule has 0 saturated carbocycles. The predicted molar refractivity (Wildman–Crippen MR) is 72.6 cm³/mol. The normalized spacial score (nSPS) is 12.1. The molecule has 0 saturated heterocycles. The molecular formula is C14H15NO2S. The summed E-state index contributed by atoms with van der Waals surface area (Å²) in [4.78, 5) is 16.1. The van der Waals surface area contributed by atoms with Gasteiger partial charge in [0.1, 0.15) is 5.01 Å². The molecule has 4 heteroatoms. The summed E-state index contributed by atoms with van der Waals surface area (Å²) in [5.74, 6) is -0.527. The molecule has 1 unspecified atom stereocenters.